The molecule has 3 rings (SSSR count). The number of anilines is 1. The van der Waals surface area contributed by atoms with Crippen molar-refractivity contribution in [3.05, 3.63) is 53.7 Å². The van der Waals surface area contributed by atoms with Gasteiger partial charge >= 0.3 is 0 Å². The fourth-order valence-corrected chi connectivity index (χ4v) is 3.09. The molecule has 1 aromatic heterocycles. The van der Waals surface area contributed by atoms with Gasteiger partial charge in [-0.25, -0.2) is 4.98 Å². The SMILES string of the molecule is COc1ccc(C(C)NC(=O)c2cccnc2N2CCN(C)CC2)cc1. The third-order valence-electron chi connectivity index (χ3n) is 4.80. The van der Waals surface area contributed by atoms with Crippen LogP contribution in [0.25, 0.3) is 0 Å². The molecule has 0 aliphatic carbocycles. The fraction of sp³-hybridized carbons (Fsp3) is 0.400. The summed E-state index contributed by atoms with van der Waals surface area (Å²) in [4.78, 5) is 21.8. The molecule has 0 bridgehead atoms. The number of benzene rings is 1. The van der Waals surface area contributed by atoms with Crippen LogP contribution >= 0.6 is 0 Å². The number of ether oxygens (including phenoxy) is 1. The molecule has 6 nitrogen and oxygen atoms in total. The molecule has 1 atom stereocenters. The second kappa shape index (κ2) is 8.19. The van der Waals surface area contributed by atoms with Crippen molar-refractivity contribution in [2.45, 2.75) is 13.0 Å². The molecule has 138 valence electrons. The van der Waals surface area contributed by atoms with Crippen LogP contribution in [0.15, 0.2) is 42.6 Å². The Kier molecular flexibility index (Phi) is 5.73. The van der Waals surface area contributed by atoms with E-state index in [2.05, 4.69) is 27.1 Å². The molecular formula is C20H26N4O2. The summed E-state index contributed by atoms with van der Waals surface area (Å²) in [6, 6.07) is 11.3. The van der Waals surface area contributed by atoms with Crippen molar-refractivity contribution >= 4 is 11.7 Å². The second-order valence-corrected chi connectivity index (χ2v) is 6.63. The predicted octanol–water partition coefficient (Wildman–Crippen LogP) is 2.33. The van der Waals surface area contributed by atoms with Gasteiger partial charge in [-0.15, -0.1) is 0 Å². The van der Waals surface area contributed by atoms with Crippen LogP contribution in [-0.4, -0.2) is 56.1 Å². The summed E-state index contributed by atoms with van der Waals surface area (Å²) < 4.78 is 5.19. The Morgan fingerprint density at radius 1 is 1.15 bits per heavy atom. The number of carbonyl (C=O) groups excluding carboxylic acids is 1. The van der Waals surface area contributed by atoms with Crippen LogP contribution in [0.1, 0.15) is 28.9 Å². The molecule has 0 saturated carbocycles. The second-order valence-electron chi connectivity index (χ2n) is 6.63. The van der Waals surface area contributed by atoms with E-state index in [1.807, 2.05) is 43.3 Å². The third kappa shape index (κ3) is 4.14. The largest absolute Gasteiger partial charge is 0.497 e. The highest BCUT2D eigenvalue weighted by Gasteiger charge is 2.22. The maximum absolute atomic E-state index is 12.9. The van der Waals surface area contributed by atoms with E-state index >= 15 is 0 Å². The number of carbonyl (C=O) groups is 1. The molecule has 1 unspecified atom stereocenters. The average molecular weight is 354 g/mol. The molecule has 1 N–H and O–H groups in total. The smallest absolute Gasteiger partial charge is 0.255 e. The van der Waals surface area contributed by atoms with Crippen molar-refractivity contribution in [3.63, 3.8) is 0 Å². The minimum Gasteiger partial charge on any atom is -0.497 e. The molecule has 1 aromatic carbocycles. The summed E-state index contributed by atoms with van der Waals surface area (Å²) >= 11 is 0. The Bertz CT molecular complexity index is 740. The Morgan fingerprint density at radius 2 is 1.85 bits per heavy atom. The summed E-state index contributed by atoms with van der Waals surface area (Å²) in [5, 5.41) is 3.08. The molecule has 0 radical (unpaired) electrons. The van der Waals surface area contributed by atoms with Crippen LogP contribution in [-0.2, 0) is 0 Å². The minimum absolute atomic E-state index is 0.102. The molecule has 2 heterocycles. The van der Waals surface area contributed by atoms with Crippen molar-refractivity contribution < 1.29 is 9.53 Å². The topological polar surface area (TPSA) is 57.7 Å². The molecule has 26 heavy (non-hydrogen) atoms. The highest BCUT2D eigenvalue weighted by molar-refractivity contribution is 5.99. The van der Waals surface area contributed by atoms with Crippen LogP contribution < -0.4 is 15.0 Å². The number of hydrogen-bond acceptors (Lipinski definition) is 5. The molecule has 1 fully saturated rings. The van der Waals surface area contributed by atoms with Crippen LogP contribution in [0.2, 0.25) is 0 Å². The zero-order valence-corrected chi connectivity index (χ0v) is 15.6. The number of nitrogens with zero attached hydrogens (tertiary/aromatic N) is 3. The molecule has 1 saturated heterocycles. The zero-order chi connectivity index (χ0) is 18.5. The van der Waals surface area contributed by atoms with E-state index in [0.717, 1.165) is 43.3 Å². The molecular weight excluding hydrogens is 328 g/mol. The average Bonchev–Trinajstić information content (AvgIpc) is 2.68. The predicted molar refractivity (Wildman–Crippen MR) is 103 cm³/mol. The number of methoxy groups -OCH3 is 1. The van der Waals surface area contributed by atoms with Crippen molar-refractivity contribution in [2.24, 2.45) is 0 Å². The first kappa shape index (κ1) is 18.2. The summed E-state index contributed by atoms with van der Waals surface area (Å²) in [5.41, 5.74) is 1.65. The van der Waals surface area contributed by atoms with Crippen molar-refractivity contribution in [1.82, 2.24) is 15.2 Å². The Hall–Kier alpha value is -2.60. The molecule has 1 amide bonds. The Morgan fingerprint density at radius 3 is 2.50 bits per heavy atom. The standard InChI is InChI=1S/C20H26N4O2/c1-15(16-6-8-17(26-3)9-7-16)22-20(25)18-5-4-10-21-19(18)24-13-11-23(2)12-14-24/h4-10,15H,11-14H2,1-3H3,(H,22,25). The van der Waals surface area contributed by atoms with Gasteiger partial charge in [0.25, 0.3) is 5.91 Å². The lowest BCUT2D eigenvalue weighted by Gasteiger charge is -2.34. The first-order chi connectivity index (χ1) is 12.6. The number of likely N-dealkylation sites (N-methyl/N-ethyl adjacent to an activating group) is 1. The highest BCUT2D eigenvalue weighted by atomic mass is 16.5. The number of nitrogens with one attached hydrogen (secondary N) is 1. The van der Waals surface area contributed by atoms with E-state index in [0.29, 0.717) is 5.56 Å². The van der Waals surface area contributed by atoms with Gasteiger partial charge in [0.05, 0.1) is 18.7 Å². The van der Waals surface area contributed by atoms with E-state index in [9.17, 15) is 4.79 Å². The summed E-state index contributed by atoms with van der Waals surface area (Å²) in [7, 11) is 3.75. The van der Waals surface area contributed by atoms with Crippen molar-refractivity contribution in [1.29, 1.82) is 0 Å². The van der Waals surface area contributed by atoms with Gasteiger partial charge in [0.15, 0.2) is 0 Å². The number of aromatic nitrogens is 1. The highest BCUT2D eigenvalue weighted by Crippen LogP contribution is 2.21. The maximum atomic E-state index is 12.9. The van der Waals surface area contributed by atoms with Gasteiger partial charge in [0.2, 0.25) is 0 Å². The van der Waals surface area contributed by atoms with E-state index < -0.39 is 0 Å². The Balaban J connectivity index is 1.73. The zero-order valence-electron chi connectivity index (χ0n) is 15.6. The van der Waals surface area contributed by atoms with Gasteiger partial charge < -0.3 is 19.9 Å². The molecule has 0 spiro atoms. The number of piperazine rings is 1. The monoisotopic (exact) mass is 354 g/mol. The normalized spacial score (nSPS) is 16.2. The lowest BCUT2D eigenvalue weighted by molar-refractivity contribution is 0.0940. The minimum atomic E-state index is -0.103. The maximum Gasteiger partial charge on any atom is 0.255 e. The van der Waals surface area contributed by atoms with Gasteiger partial charge in [-0.2, -0.15) is 0 Å². The van der Waals surface area contributed by atoms with Gasteiger partial charge in [-0.05, 0) is 43.8 Å². The van der Waals surface area contributed by atoms with Crippen LogP contribution in [0.3, 0.4) is 0 Å². The van der Waals surface area contributed by atoms with Crippen molar-refractivity contribution in [3.8, 4) is 5.75 Å². The van der Waals surface area contributed by atoms with Gasteiger partial charge in [-0.3, -0.25) is 4.79 Å². The van der Waals surface area contributed by atoms with E-state index in [-0.39, 0.29) is 11.9 Å². The quantitative estimate of drug-likeness (QED) is 0.893. The van der Waals surface area contributed by atoms with Gasteiger partial charge in [-0.1, -0.05) is 12.1 Å². The van der Waals surface area contributed by atoms with Gasteiger partial charge in [0, 0.05) is 32.4 Å². The Labute approximate surface area is 154 Å². The molecule has 1 aliphatic rings. The third-order valence-corrected chi connectivity index (χ3v) is 4.80. The van der Waals surface area contributed by atoms with Gasteiger partial charge in [0.1, 0.15) is 11.6 Å². The first-order valence-electron chi connectivity index (χ1n) is 8.92. The number of pyridine rings is 1. The molecule has 6 heteroatoms. The summed E-state index contributed by atoms with van der Waals surface area (Å²) in [6.45, 7) is 5.68. The van der Waals surface area contributed by atoms with Crippen LogP contribution in [0.4, 0.5) is 5.82 Å². The summed E-state index contributed by atoms with van der Waals surface area (Å²) in [5.74, 6) is 1.47. The van der Waals surface area contributed by atoms with E-state index in [1.165, 1.54) is 0 Å². The number of hydrogen-bond donors (Lipinski definition) is 1. The van der Waals surface area contributed by atoms with E-state index in [4.69, 9.17) is 4.74 Å². The van der Waals surface area contributed by atoms with Crippen LogP contribution in [0.5, 0.6) is 5.75 Å². The van der Waals surface area contributed by atoms with E-state index in [1.54, 1.807) is 13.3 Å². The lowest BCUT2D eigenvalue weighted by atomic mass is 10.1. The fourth-order valence-electron chi connectivity index (χ4n) is 3.09. The van der Waals surface area contributed by atoms with Crippen molar-refractivity contribution in [2.75, 3.05) is 45.2 Å². The number of rotatable bonds is 5. The lowest BCUT2D eigenvalue weighted by Crippen LogP contribution is -2.45. The molecule has 2 aromatic rings. The molecule has 1 aliphatic heterocycles. The van der Waals surface area contributed by atoms with Crippen LogP contribution in [0, 0.1) is 0 Å². The summed E-state index contributed by atoms with van der Waals surface area (Å²) in [6.07, 6.45) is 1.75. The first-order valence-corrected chi connectivity index (χ1v) is 8.92. The number of amides is 1.